The van der Waals surface area contributed by atoms with Crippen LogP contribution in [0.5, 0.6) is 11.5 Å². The summed E-state index contributed by atoms with van der Waals surface area (Å²) in [6.45, 7) is 4.64. The van der Waals surface area contributed by atoms with Crippen molar-refractivity contribution >= 4 is 5.91 Å². The topological polar surface area (TPSA) is 50.8 Å². The Morgan fingerprint density at radius 3 is 2.80 bits per heavy atom. The number of carbonyl (C=O) groups is 1. The number of likely N-dealkylation sites (tertiary alicyclic amines) is 1. The number of rotatable bonds is 4. The Morgan fingerprint density at radius 1 is 1.30 bits per heavy atom. The third kappa shape index (κ3) is 2.72. The fourth-order valence-corrected chi connectivity index (χ4v) is 2.87. The van der Waals surface area contributed by atoms with Gasteiger partial charge in [-0.2, -0.15) is 0 Å². The SMILES string of the molecule is CC(=O)NC[C@H](c1ccc2c(c1)OCO2)N1CCCC1. The molecular formula is C15H20N2O3. The van der Waals surface area contributed by atoms with Crippen molar-refractivity contribution in [2.45, 2.75) is 25.8 Å². The van der Waals surface area contributed by atoms with Crippen molar-refractivity contribution in [2.75, 3.05) is 26.4 Å². The lowest BCUT2D eigenvalue weighted by Gasteiger charge is -2.28. The van der Waals surface area contributed by atoms with Crippen LogP contribution in [0.1, 0.15) is 31.4 Å². The standard InChI is InChI=1S/C15H20N2O3/c1-11(18)16-9-13(17-6-2-3-7-17)12-4-5-14-15(8-12)20-10-19-14/h4-5,8,13H,2-3,6-7,9-10H2,1H3,(H,16,18)/t13-/m1/s1. The minimum atomic E-state index is 0.00920. The van der Waals surface area contributed by atoms with Gasteiger partial charge in [0.1, 0.15) is 0 Å². The van der Waals surface area contributed by atoms with Crippen LogP contribution in [-0.4, -0.2) is 37.2 Å². The maximum absolute atomic E-state index is 11.2. The van der Waals surface area contributed by atoms with E-state index >= 15 is 0 Å². The Hall–Kier alpha value is -1.75. The number of carbonyl (C=O) groups excluding carboxylic acids is 1. The second-order valence-electron chi connectivity index (χ2n) is 5.31. The number of hydrogen-bond acceptors (Lipinski definition) is 4. The van der Waals surface area contributed by atoms with Crippen molar-refractivity contribution in [1.82, 2.24) is 10.2 Å². The minimum absolute atomic E-state index is 0.00920. The van der Waals surface area contributed by atoms with Gasteiger partial charge in [-0.05, 0) is 43.6 Å². The Morgan fingerprint density at radius 2 is 2.05 bits per heavy atom. The van der Waals surface area contributed by atoms with Crippen LogP contribution in [0.2, 0.25) is 0 Å². The first-order valence-corrected chi connectivity index (χ1v) is 7.12. The normalized spacial score (nSPS) is 19.1. The summed E-state index contributed by atoms with van der Waals surface area (Å²) in [5, 5.41) is 2.94. The zero-order chi connectivity index (χ0) is 13.9. The molecule has 1 aromatic rings. The summed E-state index contributed by atoms with van der Waals surface area (Å²) in [4.78, 5) is 13.6. The van der Waals surface area contributed by atoms with E-state index in [2.05, 4.69) is 16.3 Å². The molecular weight excluding hydrogens is 256 g/mol. The van der Waals surface area contributed by atoms with Crippen LogP contribution in [0, 0.1) is 0 Å². The first-order valence-electron chi connectivity index (χ1n) is 7.12. The number of benzene rings is 1. The van der Waals surface area contributed by atoms with Gasteiger partial charge in [-0.3, -0.25) is 9.69 Å². The molecule has 5 nitrogen and oxygen atoms in total. The van der Waals surface area contributed by atoms with E-state index < -0.39 is 0 Å². The molecule has 1 N–H and O–H groups in total. The monoisotopic (exact) mass is 276 g/mol. The Balaban J connectivity index is 1.81. The van der Waals surface area contributed by atoms with Crippen LogP contribution in [-0.2, 0) is 4.79 Å². The average molecular weight is 276 g/mol. The lowest BCUT2D eigenvalue weighted by molar-refractivity contribution is -0.119. The third-order valence-corrected chi connectivity index (χ3v) is 3.91. The maximum atomic E-state index is 11.2. The van der Waals surface area contributed by atoms with Gasteiger partial charge in [-0.15, -0.1) is 0 Å². The molecule has 2 heterocycles. The molecule has 0 bridgehead atoms. The molecule has 108 valence electrons. The molecule has 0 unspecified atom stereocenters. The van der Waals surface area contributed by atoms with E-state index in [4.69, 9.17) is 9.47 Å². The van der Waals surface area contributed by atoms with Gasteiger partial charge in [0.15, 0.2) is 11.5 Å². The summed E-state index contributed by atoms with van der Waals surface area (Å²) < 4.78 is 10.8. The van der Waals surface area contributed by atoms with Crippen LogP contribution in [0.25, 0.3) is 0 Å². The number of nitrogens with zero attached hydrogens (tertiary/aromatic N) is 1. The lowest BCUT2D eigenvalue weighted by atomic mass is 10.0. The van der Waals surface area contributed by atoms with Crippen LogP contribution < -0.4 is 14.8 Å². The quantitative estimate of drug-likeness (QED) is 0.909. The number of hydrogen-bond donors (Lipinski definition) is 1. The van der Waals surface area contributed by atoms with Crippen molar-refractivity contribution < 1.29 is 14.3 Å². The summed E-state index contributed by atoms with van der Waals surface area (Å²) in [5.41, 5.74) is 1.17. The number of amides is 1. The Bertz CT molecular complexity index is 498. The van der Waals surface area contributed by atoms with Gasteiger partial charge in [-0.1, -0.05) is 6.07 Å². The fraction of sp³-hybridized carbons (Fsp3) is 0.533. The van der Waals surface area contributed by atoms with Crippen molar-refractivity contribution in [3.63, 3.8) is 0 Å². The molecule has 1 saturated heterocycles. The van der Waals surface area contributed by atoms with Gasteiger partial charge in [-0.25, -0.2) is 0 Å². The van der Waals surface area contributed by atoms with Crippen LogP contribution >= 0.6 is 0 Å². The molecule has 3 rings (SSSR count). The highest BCUT2D eigenvalue weighted by Crippen LogP contribution is 2.36. The highest BCUT2D eigenvalue weighted by atomic mass is 16.7. The first-order chi connectivity index (χ1) is 9.74. The molecule has 2 aliphatic rings. The van der Waals surface area contributed by atoms with E-state index in [-0.39, 0.29) is 11.9 Å². The van der Waals surface area contributed by atoms with Gasteiger partial charge >= 0.3 is 0 Å². The summed E-state index contributed by atoms with van der Waals surface area (Å²) in [5.74, 6) is 1.61. The lowest BCUT2D eigenvalue weighted by Crippen LogP contribution is -2.35. The molecule has 20 heavy (non-hydrogen) atoms. The maximum Gasteiger partial charge on any atom is 0.231 e. The molecule has 0 aliphatic carbocycles. The Kier molecular flexibility index (Phi) is 3.78. The van der Waals surface area contributed by atoms with Gasteiger partial charge in [0.25, 0.3) is 0 Å². The largest absolute Gasteiger partial charge is 0.454 e. The summed E-state index contributed by atoms with van der Waals surface area (Å²) in [7, 11) is 0. The van der Waals surface area contributed by atoms with Gasteiger partial charge in [0.2, 0.25) is 12.7 Å². The molecule has 0 spiro atoms. The number of nitrogens with one attached hydrogen (secondary N) is 1. The zero-order valence-electron chi connectivity index (χ0n) is 11.7. The van der Waals surface area contributed by atoms with Gasteiger partial charge < -0.3 is 14.8 Å². The van der Waals surface area contributed by atoms with E-state index in [9.17, 15) is 4.79 Å². The van der Waals surface area contributed by atoms with E-state index in [1.165, 1.54) is 18.4 Å². The molecule has 0 saturated carbocycles. The molecule has 1 aromatic carbocycles. The van der Waals surface area contributed by atoms with Gasteiger partial charge in [0, 0.05) is 13.5 Å². The minimum Gasteiger partial charge on any atom is -0.454 e. The molecule has 0 radical (unpaired) electrons. The van der Waals surface area contributed by atoms with Crippen molar-refractivity contribution in [3.05, 3.63) is 23.8 Å². The van der Waals surface area contributed by atoms with E-state index in [1.54, 1.807) is 6.92 Å². The second-order valence-corrected chi connectivity index (χ2v) is 5.31. The highest BCUT2D eigenvalue weighted by molar-refractivity contribution is 5.72. The average Bonchev–Trinajstić information content (AvgIpc) is 3.08. The Labute approximate surface area is 118 Å². The molecule has 1 fully saturated rings. The van der Waals surface area contributed by atoms with Crippen LogP contribution in [0.15, 0.2) is 18.2 Å². The molecule has 5 heteroatoms. The van der Waals surface area contributed by atoms with Crippen molar-refractivity contribution in [3.8, 4) is 11.5 Å². The molecule has 1 atom stereocenters. The zero-order valence-corrected chi connectivity index (χ0v) is 11.7. The van der Waals surface area contributed by atoms with E-state index in [0.29, 0.717) is 13.3 Å². The number of fused-ring (bicyclic) bond motifs is 1. The van der Waals surface area contributed by atoms with E-state index in [0.717, 1.165) is 24.6 Å². The summed E-state index contributed by atoms with van der Waals surface area (Å²) >= 11 is 0. The smallest absolute Gasteiger partial charge is 0.231 e. The third-order valence-electron chi connectivity index (χ3n) is 3.91. The fourth-order valence-electron chi connectivity index (χ4n) is 2.87. The van der Waals surface area contributed by atoms with Crippen molar-refractivity contribution in [2.24, 2.45) is 0 Å². The summed E-state index contributed by atoms with van der Waals surface area (Å²) in [6.07, 6.45) is 2.45. The van der Waals surface area contributed by atoms with Crippen molar-refractivity contribution in [1.29, 1.82) is 0 Å². The van der Waals surface area contributed by atoms with Crippen LogP contribution in [0.4, 0.5) is 0 Å². The summed E-state index contributed by atoms with van der Waals surface area (Å²) in [6, 6.07) is 6.26. The predicted molar refractivity (Wildman–Crippen MR) is 74.8 cm³/mol. The van der Waals surface area contributed by atoms with Crippen LogP contribution in [0.3, 0.4) is 0 Å². The molecule has 0 aromatic heterocycles. The number of ether oxygens (including phenoxy) is 2. The molecule has 1 amide bonds. The molecule has 2 aliphatic heterocycles. The van der Waals surface area contributed by atoms with Gasteiger partial charge in [0.05, 0.1) is 6.04 Å². The highest BCUT2D eigenvalue weighted by Gasteiger charge is 2.25. The second kappa shape index (κ2) is 5.71. The predicted octanol–water partition coefficient (Wildman–Crippen LogP) is 1.69. The van der Waals surface area contributed by atoms with E-state index in [1.807, 2.05) is 12.1 Å². The first kappa shape index (κ1) is 13.2.